The molecule has 1 amide bonds. The van der Waals surface area contributed by atoms with Gasteiger partial charge >= 0.3 is 5.69 Å². The van der Waals surface area contributed by atoms with Gasteiger partial charge in [0.05, 0.1) is 30.4 Å². The normalized spacial score (nSPS) is 10.5. The second kappa shape index (κ2) is 8.47. The standard InChI is InChI=1S/C17H17N3O6/c1-3-26-16-13(20(23)24)8-11(9-15(16)25-2)10-18-19-17(22)12-6-4-5-7-14(12)21/h4-10,21H,3H2,1-2H3,(H,19,22)/b18-10-. The van der Waals surface area contributed by atoms with Crippen molar-refractivity contribution in [3.8, 4) is 17.2 Å². The summed E-state index contributed by atoms with van der Waals surface area (Å²) in [6.07, 6.45) is 1.23. The molecule has 9 heteroatoms. The fourth-order valence-corrected chi connectivity index (χ4v) is 2.15. The lowest BCUT2D eigenvalue weighted by Crippen LogP contribution is -2.17. The molecule has 0 aliphatic carbocycles. The minimum atomic E-state index is -0.619. The second-order valence-electron chi connectivity index (χ2n) is 4.98. The summed E-state index contributed by atoms with van der Waals surface area (Å²) in [6, 6.07) is 8.74. The number of aromatic hydroxyl groups is 1. The van der Waals surface area contributed by atoms with Gasteiger partial charge in [-0.1, -0.05) is 12.1 Å². The van der Waals surface area contributed by atoms with Crippen LogP contribution in [0.4, 0.5) is 5.69 Å². The van der Waals surface area contributed by atoms with Crippen molar-refractivity contribution >= 4 is 17.8 Å². The van der Waals surface area contributed by atoms with Crippen molar-refractivity contribution in [1.82, 2.24) is 5.43 Å². The molecule has 0 aromatic heterocycles. The molecule has 0 aliphatic heterocycles. The number of hydrogen-bond donors (Lipinski definition) is 2. The van der Waals surface area contributed by atoms with E-state index in [4.69, 9.17) is 9.47 Å². The van der Waals surface area contributed by atoms with Gasteiger partial charge in [-0.15, -0.1) is 0 Å². The first kappa shape index (κ1) is 18.7. The van der Waals surface area contributed by atoms with Crippen molar-refractivity contribution in [2.24, 2.45) is 5.10 Å². The monoisotopic (exact) mass is 359 g/mol. The van der Waals surface area contributed by atoms with Crippen LogP contribution >= 0.6 is 0 Å². The number of ether oxygens (including phenoxy) is 2. The minimum absolute atomic E-state index is 0.0235. The van der Waals surface area contributed by atoms with Crippen LogP contribution in [0, 0.1) is 10.1 Å². The fourth-order valence-electron chi connectivity index (χ4n) is 2.15. The summed E-state index contributed by atoms with van der Waals surface area (Å²) >= 11 is 0. The van der Waals surface area contributed by atoms with Crippen LogP contribution in [0.1, 0.15) is 22.8 Å². The molecular weight excluding hydrogens is 342 g/mol. The van der Waals surface area contributed by atoms with Crippen LogP contribution in [0.2, 0.25) is 0 Å². The quantitative estimate of drug-likeness (QED) is 0.445. The lowest BCUT2D eigenvalue weighted by molar-refractivity contribution is -0.385. The Bertz CT molecular complexity index is 850. The number of benzene rings is 2. The third-order valence-electron chi connectivity index (χ3n) is 3.29. The van der Waals surface area contributed by atoms with Gasteiger partial charge in [-0.2, -0.15) is 5.10 Å². The zero-order chi connectivity index (χ0) is 19.1. The number of nitro groups is 1. The first-order valence-electron chi connectivity index (χ1n) is 7.58. The summed E-state index contributed by atoms with van der Waals surface area (Å²) in [7, 11) is 1.36. The van der Waals surface area contributed by atoms with Crippen LogP contribution in [0.5, 0.6) is 17.2 Å². The maximum atomic E-state index is 12.0. The molecule has 9 nitrogen and oxygen atoms in total. The van der Waals surface area contributed by atoms with Gasteiger partial charge < -0.3 is 14.6 Å². The smallest absolute Gasteiger partial charge is 0.315 e. The van der Waals surface area contributed by atoms with E-state index in [-0.39, 0.29) is 35.1 Å². The maximum Gasteiger partial charge on any atom is 0.315 e. The number of hydrazone groups is 1. The average Bonchev–Trinajstić information content (AvgIpc) is 2.62. The molecule has 0 radical (unpaired) electrons. The molecule has 2 rings (SSSR count). The van der Waals surface area contributed by atoms with Gasteiger partial charge in [-0.25, -0.2) is 5.43 Å². The molecule has 2 aromatic carbocycles. The molecule has 136 valence electrons. The highest BCUT2D eigenvalue weighted by molar-refractivity contribution is 5.97. The maximum absolute atomic E-state index is 12.0. The molecule has 0 fully saturated rings. The predicted octanol–water partition coefficient (Wildman–Crippen LogP) is 2.47. The van der Waals surface area contributed by atoms with Crippen LogP contribution in [-0.2, 0) is 0 Å². The number of rotatable bonds is 7. The Morgan fingerprint density at radius 2 is 2.12 bits per heavy atom. The SMILES string of the molecule is CCOc1c(OC)cc(/C=N\NC(=O)c2ccccc2O)cc1[N+](=O)[O-]. The van der Waals surface area contributed by atoms with Crippen LogP contribution in [0.25, 0.3) is 0 Å². The highest BCUT2D eigenvalue weighted by atomic mass is 16.6. The number of phenolic OH excluding ortho intramolecular Hbond substituents is 1. The van der Waals surface area contributed by atoms with E-state index in [1.165, 1.54) is 37.6 Å². The number of phenols is 1. The number of amides is 1. The summed E-state index contributed by atoms with van der Waals surface area (Å²) < 4.78 is 10.4. The van der Waals surface area contributed by atoms with Gasteiger partial charge in [0.15, 0.2) is 5.75 Å². The third-order valence-corrected chi connectivity index (χ3v) is 3.29. The lowest BCUT2D eigenvalue weighted by atomic mass is 10.2. The molecule has 0 heterocycles. The Kier molecular flexibility index (Phi) is 6.10. The summed E-state index contributed by atoms with van der Waals surface area (Å²) in [5.41, 5.74) is 2.35. The zero-order valence-corrected chi connectivity index (χ0v) is 14.1. The van der Waals surface area contributed by atoms with E-state index in [9.17, 15) is 20.0 Å². The summed E-state index contributed by atoms with van der Waals surface area (Å²) in [5, 5.41) is 24.6. The molecule has 0 bridgehead atoms. The Labute approximate surface area is 149 Å². The zero-order valence-electron chi connectivity index (χ0n) is 14.1. The minimum Gasteiger partial charge on any atom is -0.507 e. The van der Waals surface area contributed by atoms with Crippen LogP contribution < -0.4 is 14.9 Å². The van der Waals surface area contributed by atoms with Crippen molar-refractivity contribution < 1.29 is 24.3 Å². The number of hydrogen-bond acceptors (Lipinski definition) is 7. The molecular formula is C17H17N3O6. The van der Waals surface area contributed by atoms with Crippen LogP contribution in [-0.4, -0.2) is 35.9 Å². The first-order valence-corrected chi connectivity index (χ1v) is 7.58. The molecule has 0 saturated heterocycles. The highest BCUT2D eigenvalue weighted by Gasteiger charge is 2.21. The van der Waals surface area contributed by atoms with Crippen molar-refractivity contribution in [3.63, 3.8) is 0 Å². The van der Waals surface area contributed by atoms with Crippen molar-refractivity contribution in [2.45, 2.75) is 6.92 Å². The Morgan fingerprint density at radius 1 is 1.38 bits per heavy atom. The molecule has 2 N–H and O–H groups in total. The Morgan fingerprint density at radius 3 is 2.73 bits per heavy atom. The largest absolute Gasteiger partial charge is 0.507 e. The number of nitrogens with zero attached hydrogens (tertiary/aromatic N) is 2. The predicted molar refractivity (Wildman–Crippen MR) is 94.0 cm³/mol. The summed E-state index contributed by atoms with van der Waals surface area (Å²) in [4.78, 5) is 22.6. The number of carbonyl (C=O) groups excluding carboxylic acids is 1. The summed E-state index contributed by atoms with van der Waals surface area (Å²) in [6.45, 7) is 1.94. The van der Waals surface area contributed by atoms with Gasteiger partial charge in [0.1, 0.15) is 5.75 Å². The van der Waals surface area contributed by atoms with E-state index in [0.29, 0.717) is 5.56 Å². The van der Waals surface area contributed by atoms with Gasteiger partial charge in [0.2, 0.25) is 5.75 Å². The van der Waals surface area contributed by atoms with E-state index in [1.807, 2.05) is 0 Å². The second-order valence-corrected chi connectivity index (χ2v) is 4.98. The molecule has 0 aliphatic rings. The molecule has 0 saturated carbocycles. The van der Waals surface area contributed by atoms with Crippen LogP contribution in [0.3, 0.4) is 0 Å². The molecule has 0 atom stereocenters. The van der Waals surface area contributed by atoms with E-state index in [2.05, 4.69) is 10.5 Å². The third kappa shape index (κ3) is 4.26. The number of nitro benzene ring substituents is 1. The van der Waals surface area contributed by atoms with E-state index in [1.54, 1.807) is 19.1 Å². The molecule has 0 unspecified atom stereocenters. The van der Waals surface area contributed by atoms with Crippen molar-refractivity contribution in [3.05, 3.63) is 57.6 Å². The van der Waals surface area contributed by atoms with Gasteiger partial charge in [-0.3, -0.25) is 14.9 Å². The number of para-hydroxylation sites is 1. The van der Waals surface area contributed by atoms with Crippen molar-refractivity contribution in [2.75, 3.05) is 13.7 Å². The van der Waals surface area contributed by atoms with E-state index < -0.39 is 10.8 Å². The topological polar surface area (TPSA) is 123 Å². The van der Waals surface area contributed by atoms with Gasteiger partial charge in [-0.05, 0) is 25.1 Å². The Balaban J connectivity index is 2.24. The fraction of sp³-hybridized carbons (Fsp3) is 0.176. The molecule has 26 heavy (non-hydrogen) atoms. The molecule has 2 aromatic rings. The first-order chi connectivity index (χ1) is 12.5. The van der Waals surface area contributed by atoms with Gasteiger partial charge in [0, 0.05) is 11.6 Å². The lowest BCUT2D eigenvalue weighted by Gasteiger charge is -2.10. The number of methoxy groups -OCH3 is 1. The van der Waals surface area contributed by atoms with Gasteiger partial charge in [0.25, 0.3) is 5.91 Å². The van der Waals surface area contributed by atoms with E-state index >= 15 is 0 Å². The number of nitrogens with one attached hydrogen (secondary N) is 1. The average molecular weight is 359 g/mol. The van der Waals surface area contributed by atoms with Crippen molar-refractivity contribution in [1.29, 1.82) is 0 Å². The molecule has 0 spiro atoms. The Hall–Kier alpha value is -3.62. The van der Waals surface area contributed by atoms with Crippen LogP contribution in [0.15, 0.2) is 41.5 Å². The van der Waals surface area contributed by atoms with E-state index in [0.717, 1.165) is 0 Å². The number of carbonyl (C=O) groups is 1. The highest BCUT2D eigenvalue weighted by Crippen LogP contribution is 2.37. The summed E-state index contributed by atoms with van der Waals surface area (Å²) in [5.74, 6) is -0.602.